The largest absolute Gasteiger partial charge is 0.392 e. The smallest absolute Gasteiger partial charge is 0.0668 e. The van der Waals surface area contributed by atoms with Gasteiger partial charge in [-0.3, -0.25) is 0 Å². The Morgan fingerprint density at radius 3 is 2.38 bits per heavy atom. The molecule has 0 aromatic rings. The Morgan fingerprint density at radius 2 is 1.66 bits per heavy atom. The Balaban J connectivity index is 1.47. The molecule has 0 bridgehead atoms. The van der Waals surface area contributed by atoms with Crippen molar-refractivity contribution in [3.05, 3.63) is 0 Å². The second kappa shape index (κ2) is 8.42. The first-order valence-corrected chi connectivity index (χ1v) is 13.9. The van der Waals surface area contributed by atoms with Gasteiger partial charge in [0.2, 0.25) is 0 Å². The van der Waals surface area contributed by atoms with E-state index in [0.29, 0.717) is 15.7 Å². The van der Waals surface area contributed by atoms with E-state index in [-0.39, 0.29) is 6.10 Å². The van der Waals surface area contributed by atoms with Gasteiger partial charge in [-0.15, -0.1) is 0 Å². The molecule has 10 atom stereocenters. The van der Waals surface area contributed by atoms with Crippen molar-refractivity contribution < 1.29 is 5.11 Å². The van der Waals surface area contributed by atoms with Crippen molar-refractivity contribution in [2.45, 2.75) is 116 Å². The van der Waals surface area contributed by atoms with E-state index in [2.05, 4.69) is 50.5 Å². The van der Waals surface area contributed by atoms with Gasteiger partial charge in [0.25, 0.3) is 0 Å². The number of fused-ring (bicyclic) bond motifs is 5. The minimum absolute atomic E-state index is 0.124. The lowest BCUT2D eigenvalue weighted by Crippen LogP contribution is -2.56. The quantitative estimate of drug-likeness (QED) is 0.408. The third-order valence-electron chi connectivity index (χ3n) is 10.8. The number of halogens is 1. The topological polar surface area (TPSA) is 20.2 Å². The van der Waals surface area contributed by atoms with Crippen molar-refractivity contribution in [1.82, 2.24) is 0 Å². The van der Waals surface area contributed by atoms with E-state index < -0.39 is 0 Å². The van der Waals surface area contributed by atoms with Crippen LogP contribution in [0.25, 0.3) is 0 Å². The van der Waals surface area contributed by atoms with Gasteiger partial charge in [-0.2, -0.15) is 0 Å². The first kappa shape index (κ1) is 22.6. The molecule has 0 aliphatic heterocycles. The summed E-state index contributed by atoms with van der Waals surface area (Å²) in [4.78, 5) is 0.313. The summed E-state index contributed by atoms with van der Waals surface area (Å²) in [5.41, 5.74) is 1.06. The van der Waals surface area contributed by atoms with E-state index in [1.54, 1.807) is 0 Å². The van der Waals surface area contributed by atoms with Gasteiger partial charge in [0, 0.05) is 4.83 Å². The lowest BCUT2D eigenvalue weighted by molar-refractivity contribution is -0.127. The van der Waals surface area contributed by atoms with E-state index in [1.165, 1.54) is 64.2 Å². The molecule has 4 aliphatic rings. The SMILES string of the molecule is CC(C)CCC[C@@H](C)[C@H]1CC[C@H]2[C@@H]3CC[C@H]4C[C@H](O)[C@H](Br)C[C@]4(C)[C@H]3CC[C@]12C. The van der Waals surface area contributed by atoms with Crippen LogP contribution in [0.4, 0.5) is 0 Å². The second-order valence-corrected chi connectivity index (χ2v) is 13.9. The zero-order valence-electron chi connectivity index (χ0n) is 19.8. The molecule has 0 saturated heterocycles. The highest BCUT2D eigenvalue weighted by Gasteiger charge is 2.61. The molecule has 0 unspecified atom stereocenters. The Morgan fingerprint density at radius 1 is 0.931 bits per heavy atom. The molecular formula is C27H47BrO. The van der Waals surface area contributed by atoms with Crippen molar-refractivity contribution in [3.8, 4) is 0 Å². The van der Waals surface area contributed by atoms with Gasteiger partial charge in [0.1, 0.15) is 0 Å². The summed E-state index contributed by atoms with van der Waals surface area (Å²) in [5, 5.41) is 10.5. The van der Waals surface area contributed by atoms with E-state index in [1.807, 2.05) is 0 Å². The van der Waals surface area contributed by atoms with Crippen molar-refractivity contribution in [2.75, 3.05) is 0 Å². The Bertz CT molecular complexity index is 575. The molecule has 0 aromatic heterocycles. The van der Waals surface area contributed by atoms with Gasteiger partial charge in [-0.1, -0.05) is 69.8 Å². The Hall–Kier alpha value is 0.440. The lowest BCUT2D eigenvalue weighted by atomic mass is 9.44. The predicted molar refractivity (Wildman–Crippen MR) is 127 cm³/mol. The zero-order valence-corrected chi connectivity index (χ0v) is 21.4. The fourth-order valence-corrected chi connectivity index (χ4v) is 10.2. The van der Waals surface area contributed by atoms with Crippen molar-refractivity contribution >= 4 is 15.9 Å². The van der Waals surface area contributed by atoms with Crippen molar-refractivity contribution in [1.29, 1.82) is 0 Å². The molecule has 0 heterocycles. The van der Waals surface area contributed by atoms with Gasteiger partial charge >= 0.3 is 0 Å². The van der Waals surface area contributed by atoms with Crippen LogP contribution in [0, 0.1) is 52.3 Å². The highest BCUT2D eigenvalue weighted by Crippen LogP contribution is 2.68. The van der Waals surface area contributed by atoms with Gasteiger partial charge in [0.05, 0.1) is 6.10 Å². The van der Waals surface area contributed by atoms with Gasteiger partial charge in [0.15, 0.2) is 0 Å². The van der Waals surface area contributed by atoms with Crippen LogP contribution in [0.5, 0.6) is 0 Å². The van der Waals surface area contributed by atoms with E-state index in [9.17, 15) is 5.11 Å². The molecule has 29 heavy (non-hydrogen) atoms. The molecule has 0 aromatic carbocycles. The summed E-state index contributed by atoms with van der Waals surface area (Å²) in [6.07, 6.45) is 15.1. The predicted octanol–water partition coefficient (Wildman–Crippen LogP) is 7.84. The molecule has 4 fully saturated rings. The zero-order chi connectivity index (χ0) is 21.0. The highest BCUT2D eigenvalue weighted by molar-refractivity contribution is 9.09. The summed E-state index contributed by atoms with van der Waals surface area (Å²) in [5.74, 6) is 6.31. The number of hydrogen-bond acceptors (Lipinski definition) is 1. The Labute approximate surface area is 189 Å². The van der Waals surface area contributed by atoms with Crippen LogP contribution in [0.3, 0.4) is 0 Å². The average molecular weight is 468 g/mol. The van der Waals surface area contributed by atoms with Crippen LogP contribution >= 0.6 is 15.9 Å². The van der Waals surface area contributed by atoms with Crippen LogP contribution in [0.1, 0.15) is 105 Å². The van der Waals surface area contributed by atoms with E-state index in [4.69, 9.17) is 0 Å². The average Bonchev–Trinajstić information content (AvgIpc) is 3.00. The maximum absolute atomic E-state index is 10.5. The maximum atomic E-state index is 10.5. The van der Waals surface area contributed by atoms with Crippen LogP contribution < -0.4 is 0 Å². The van der Waals surface area contributed by atoms with Crippen molar-refractivity contribution in [2.24, 2.45) is 52.3 Å². The molecule has 0 spiro atoms. The van der Waals surface area contributed by atoms with Crippen LogP contribution in [-0.4, -0.2) is 16.0 Å². The summed E-state index contributed by atoms with van der Waals surface area (Å²) < 4.78 is 0. The molecule has 4 aliphatic carbocycles. The number of hydrogen-bond donors (Lipinski definition) is 1. The number of alkyl halides is 1. The molecule has 1 nitrogen and oxygen atoms in total. The van der Waals surface area contributed by atoms with Crippen LogP contribution in [0.2, 0.25) is 0 Å². The van der Waals surface area contributed by atoms with E-state index in [0.717, 1.165) is 47.8 Å². The van der Waals surface area contributed by atoms with Gasteiger partial charge in [-0.05, 0) is 104 Å². The summed E-state index contributed by atoms with van der Waals surface area (Å²) in [6, 6.07) is 0. The Kier molecular flexibility index (Phi) is 6.57. The van der Waals surface area contributed by atoms with Gasteiger partial charge < -0.3 is 5.11 Å². The molecule has 1 N–H and O–H groups in total. The summed E-state index contributed by atoms with van der Waals surface area (Å²) in [7, 11) is 0. The maximum Gasteiger partial charge on any atom is 0.0668 e. The van der Waals surface area contributed by atoms with E-state index >= 15 is 0 Å². The third-order valence-corrected chi connectivity index (χ3v) is 11.8. The minimum atomic E-state index is -0.124. The highest BCUT2D eigenvalue weighted by atomic mass is 79.9. The number of aliphatic hydroxyl groups is 1. The molecule has 168 valence electrons. The van der Waals surface area contributed by atoms with Crippen LogP contribution in [-0.2, 0) is 0 Å². The molecule has 2 heteroatoms. The third kappa shape index (κ3) is 3.90. The van der Waals surface area contributed by atoms with Gasteiger partial charge in [-0.25, -0.2) is 0 Å². The molecule has 0 radical (unpaired) electrons. The first-order chi connectivity index (χ1) is 13.7. The minimum Gasteiger partial charge on any atom is -0.392 e. The van der Waals surface area contributed by atoms with Crippen LogP contribution in [0.15, 0.2) is 0 Å². The summed E-state index contributed by atoms with van der Waals surface area (Å²) in [6.45, 7) is 12.6. The molecular weight excluding hydrogens is 420 g/mol. The first-order valence-electron chi connectivity index (χ1n) is 13.0. The van der Waals surface area contributed by atoms with Crippen molar-refractivity contribution in [3.63, 3.8) is 0 Å². The molecule has 4 rings (SSSR count). The lowest BCUT2D eigenvalue weighted by Gasteiger charge is -2.61. The second-order valence-electron chi connectivity index (χ2n) is 12.7. The number of rotatable bonds is 5. The molecule has 4 saturated carbocycles. The normalized spacial score (nSPS) is 50.7. The standard InChI is InChI=1S/C27H47BrO/c1-17(2)7-6-8-18(3)21-11-12-22-20-10-9-19-15-25(29)24(28)16-27(19,5)23(20)13-14-26(21,22)4/h17-25,29H,6-16H2,1-5H3/t18-,19+,20+,21-,22+,23+,24-,25+,26-,27+/m1/s1. The fourth-order valence-electron chi connectivity index (χ4n) is 9.26. The monoisotopic (exact) mass is 466 g/mol. The fraction of sp³-hybridized carbons (Fsp3) is 1.00. The molecule has 0 amide bonds. The summed E-state index contributed by atoms with van der Waals surface area (Å²) >= 11 is 3.85. The number of aliphatic hydroxyl groups excluding tert-OH is 1.